The van der Waals surface area contributed by atoms with Gasteiger partial charge in [-0.3, -0.25) is 4.98 Å². The van der Waals surface area contributed by atoms with Gasteiger partial charge in [-0.05, 0) is 60.7 Å². The monoisotopic (exact) mass is 304 g/mol. The van der Waals surface area contributed by atoms with E-state index in [1.165, 1.54) is 11.1 Å². The summed E-state index contributed by atoms with van der Waals surface area (Å²) in [7, 11) is 0. The number of halogens is 1. The lowest BCUT2D eigenvalue weighted by molar-refractivity contribution is 0.633. The number of pyridine rings is 1. The lowest BCUT2D eigenvalue weighted by Crippen LogP contribution is -2.13. The molecule has 2 N–H and O–H groups in total. The van der Waals surface area contributed by atoms with E-state index in [0.717, 1.165) is 17.3 Å². The smallest absolute Gasteiger partial charge is 0.0270 e. The first kappa shape index (κ1) is 13.2. The van der Waals surface area contributed by atoms with Crippen molar-refractivity contribution in [2.45, 2.75) is 18.8 Å². The Morgan fingerprint density at radius 1 is 1.06 bits per heavy atom. The molecule has 0 saturated heterocycles. The Kier molecular flexibility index (Phi) is 4.90. The molecule has 0 aliphatic heterocycles. The van der Waals surface area contributed by atoms with Crippen molar-refractivity contribution < 1.29 is 0 Å². The second-order valence-electron chi connectivity index (χ2n) is 4.38. The fourth-order valence-corrected chi connectivity index (χ4v) is 2.31. The van der Waals surface area contributed by atoms with Crippen LogP contribution < -0.4 is 5.73 Å². The van der Waals surface area contributed by atoms with Crippen molar-refractivity contribution in [2.75, 3.05) is 6.54 Å². The van der Waals surface area contributed by atoms with Crippen molar-refractivity contribution in [3.63, 3.8) is 0 Å². The van der Waals surface area contributed by atoms with Crippen molar-refractivity contribution in [3.05, 3.63) is 64.4 Å². The topological polar surface area (TPSA) is 38.9 Å². The normalized spacial score (nSPS) is 12.3. The van der Waals surface area contributed by atoms with Crippen LogP contribution >= 0.6 is 15.9 Å². The largest absolute Gasteiger partial charge is 0.330 e. The number of nitrogens with zero attached hydrogens (tertiary/aromatic N) is 1. The maximum absolute atomic E-state index is 5.88. The summed E-state index contributed by atoms with van der Waals surface area (Å²) in [6.07, 6.45) is 5.79. The Labute approximate surface area is 116 Å². The van der Waals surface area contributed by atoms with E-state index in [2.05, 4.69) is 57.3 Å². The van der Waals surface area contributed by atoms with E-state index in [0.29, 0.717) is 12.5 Å². The first-order valence-electron chi connectivity index (χ1n) is 6.14. The number of rotatable bonds is 5. The summed E-state index contributed by atoms with van der Waals surface area (Å²) >= 11 is 3.45. The highest BCUT2D eigenvalue weighted by atomic mass is 79.9. The van der Waals surface area contributed by atoms with Crippen molar-refractivity contribution in [1.29, 1.82) is 0 Å². The number of hydrogen-bond donors (Lipinski definition) is 1. The zero-order chi connectivity index (χ0) is 12.8. The van der Waals surface area contributed by atoms with E-state index < -0.39 is 0 Å². The van der Waals surface area contributed by atoms with E-state index in [-0.39, 0.29) is 0 Å². The maximum atomic E-state index is 5.88. The minimum atomic E-state index is 0.422. The molecule has 2 rings (SSSR count). The molecule has 0 saturated carbocycles. The first-order valence-corrected chi connectivity index (χ1v) is 6.93. The highest BCUT2D eigenvalue weighted by Crippen LogP contribution is 2.22. The van der Waals surface area contributed by atoms with Crippen LogP contribution in [0.25, 0.3) is 0 Å². The molecule has 0 radical (unpaired) electrons. The third-order valence-corrected chi connectivity index (χ3v) is 3.69. The number of nitrogens with two attached hydrogens (primary N) is 1. The lowest BCUT2D eigenvalue weighted by atomic mass is 9.93. The van der Waals surface area contributed by atoms with Gasteiger partial charge in [0.1, 0.15) is 0 Å². The molecule has 2 aromatic rings. The van der Waals surface area contributed by atoms with Gasteiger partial charge >= 0.3 is 0 Å². The molecule has 94 valence electrons. The lowest BCUT2D eigenvalue weighted by Gasteiger charge is -2.15. The molecule has 1 aromatic heterocycles. The Bertz CT molecular complexity index is 468. The summed E-state index contributed by atoms with van der Waals surface area (Å²) in [5.74, 6) is 0.422. The van der Waals surface area contributed by atoms with E-state index in [4.69, 9.17) is 5.73 Å². The first-order chi connectivity index (χ1) is 8.79. The molecule has 2 nitrogen and oxygen atoms in total. The van der Waals surface area contributed by atoms with Gasteiger partial charge < -0.3 is 5.73 Å². The van der Waals surface area contributed by atoms with Crippen LogP contribution in [0.5, 0.6) is 0 Å². The average Bonchev–Trinajstić information content (AvgIpc) is 2.42. The summed E-state index contributed by atoms with van der Waals surface area (Å²) < 4.78 is 1.11. The molecule has 3 heteroatoms. The molecule has 0 spiro atoms. The highest BCUT2D eigenvalue weighted by Gasteiger charge is 2.09. The molecule has 1 aromatic carbocycles. The van der Waals surface area contributed by atoms with Crippen molar-refractivity contribution in [1.82, 2.24) is 4.98 Å². The van der Waals surface area contributed by atoms with Crippen LogP contribution in [0.4, 0.5) is 0 Å². The second-order valence-corrected chi connectivity index (χ2v) is 5.29. The van der Waals surface area contributed by atoms with E-state index in [1.807, 2.05) is 12.4 Å². The molecule has 1 atom stereocenters. The van der Waals surface area contributed by atoms with Gasteiger partial charge in [-0.2, -0.15) is 0 Å². The van der Waals surface area contributed by atoms with E-state index in [9.17, 15) is 0 Å². The Morgan fingerprint density at radius 2 is 1.72 bits per heavy atom. The number of aromatic nitrogens is 1. The van der Waals surface area contributed by atoms with Crippen LogP contribution in [0.2, 0.25) is 0 Å². The number of benzene rings is 1. The molecule has 0 amide bonds. The third-order valence-electron chi connectivity index (χ3n) is 3.16. The van der Waals surface area contributed by atoms with Crippen LogP contribution in [-0.2, 0) is 6.42 Å². The van der Waals surface area contributed by atoms with Gasteiger partial charge in [-0.15, -0.1) is 0 Å². The Morgan fingerprint density at radius 3 is 2.33 bits per heavy atom. The summed E-state index contributed by atoms with van der Waals surface area (Å²) in [5, 5.41) is 0. The Hall–Kier alpha value is -1.19. The number of hydrogen-bond acceptors (Lipinski definition) is 2. The van der Waals surface area contributed by atoms with Crippen molar-refractivity contribution >= 4 is 15.9 Å². The molecular formula is C15H17BrN2. The third kappa shape index (κ3) is 3.65. The quantitative estimate of drug-likeness (QED) is 0.918. The number of aryl methyl sites for hydroxylation is 1. The maximum Gasteiger partial charge on any atom is 0.0270 e. The molecule has 0 fully saturated rings. The van der Waals surface area contributed by atoms with Gasteiger partial charge in [0, 0.05) is 16.9 Å². The zero-order valence-corrected chi connectivity index (χ0v) is 11.8. The summed E-state index contributed by atoms with van der Waals surface area (Å²) in [6.45, 7) is 0.687. The van der Waals surface area contributed by atoms with Crippen LogP contribution in [0.1, 0.15) is 23.5 Å². The van der Waals surface area contributed by atoms with Crippen LogP contribution in [0.15, 0.2) is 53.3 Å². The average molecular weight is 305 g/mol. The highest BCUT2D eigenvalue weighted by molar-refractivity contribution is 9.10. The van der Waals surface area contributed by atoms with Gasteiger partial charge in [0.2, 0.25) is 0 Å². The standard InChI is InChI=1S/C15H17BrN2/c16-15-5-3-13(4-6-15)14(11-17)2-1-12-7-9-18-10-8-12/h3-10,14H,1-2,11,17H2. The summed E-state index contributed by atoms with van der Waals surface area (Å²) in [4.78, 5) is 4.03. The van der Waals surface area contributed by atoms with Gasteiger partial charge in [0.05, 0.1) is 0 Å². The van der Waals surface area contributed by atoms with E-state index >= 15 is 0 Å². The van der Waals surface area contributed by atoms with E-state index in [1.54, 1.807) is 0 Å². The molecule has 1 unspecified atom stereocenters. The predicted octanol–water partition coefficient (Wildman–Crippen LogP) is 3.52. The molecule has 1 heterocycles. The summed E-state index contributed by atoms with van der Waals surface area (Å²) in [5.41, 5.74) is 8.52. The zero-order valence-electron chi connectivity index (χ0n) is 10.2. The van der Waals surface area contributed by atoms with Crippen LogP contribution in [-0.4, -0.2) is 11.5 Å². The molecular weight excluding hydrogens is 288 g/mol. The van der Waals surface area contributed by atoms with Crippen molar-refractivity contribution in [3.8, 4) is 0 Å². The van der Waals surface area contributed by atoms with Gasteiger partial charge in [0.15, 0.2) is 0 Å². The minimum absolute atomic E-state index is 0.422. The Balaban J connectivity index is 1.99. The van der Waals surface area contributed by atoms with Crippen LogP contribution in [0.3, 0.4) is 0 Å². The fourth-order valence-electron chi connectivity index (χ4n) is 2.05. The second kappa shape index (κ2) is 6.66. The minimum Gasteiger partial charge on any atom is -0.330 e. The van der Waals surface area contributed by atoms with Crippen LogP contribution in [0, 0.1) is 0 Å². The molecule has 18 heavy (non-hydrogen) atoms. The molecule has 0 aliphatic carbocycles. The SMILES string of the molecule is NCC(CCc1ccncc1)c1ccc(Br)cc1. The predicted molar refractivity (Wildman–Crippen MR) is 78.5 cm³/mol. The van der Waals surface area contributed by atoms with Gasteiger partial charge in [0.25, 0.3) is 0 Å². The molecule has 0 aliphatic rings. The molecule has 0 bridgehead atoms. The fraction of sp³-hybridized carbons (Fsp3) is 0.267. The van der Waals surface area contributed by atoms with Gasteiger partial charge in [-0.1, -0.05) is 28.1 Å². The van der Waals surface area contributed by atoms with Crippen molar-refractivity contribution in [2.24, 2.45) is 5.73 Å². The van der Waals surface area contributed by atoms with Gasteiger partial charge in [-0.25, -0.2) is 0 Å². The summed E-state index contributed by atoms with van der Waals surface area (Å²) in [6, 6.07) is 12.6.